The van der Waals surface area contributed by atoms with Crippen molar-refractivity contribution >= 4 is 28.9 Å². The Balaban J connectivity index is 1.92. The third-order valence-corrected chi connectivity index (χ3v) is 2.74. The number of ether oxygens (including phenoxy) is 1. The molecule has 0 unspecified atom stereocenters. The van der Waals surface area contributed by atoms with Gasteiger partial charge >= 0.3 is 0 Å². The van der Waals surface area contributed by atoms with E-state index in [2.05, 4.69) is 10.3 Å². The monoisotopic (exact) mass is 291 g/mol. The van der Waals surface area contributed by atoms with Crippen molar-refractivity contribution in [3.8, 4) is 5.75 Å². The molecule has 1 aromatic carbocycles. The number of rotatable bonds is 4. The summed E-state index contributed by atoms with van der Waals surface area (Å²) in [5.41, 5.74) is 7.92. The maximum atomic E-state index is 11.8. The number of nitrogens with one attached hydrogen (secondary N) is 1. The Morgan fingerprint density at radius 3 is 2.90 bits per heavy atom. The van der Waals surface area contributed by atoms with E-state index in [1.165, 1.54) is 12.4 Å². The molecule has 1 aromatic heterocycles. The zero-order valence-electron chi connectivity index (χ0n) is 10.9. The Labute approximate surface area is 121 Å². The van der Waals surface area contributed by atoms with Crippen molar-refractivity contribution in [2.24, 2.45) is 0 Å². The van der Waals surface area contributed by atoms with Crippen molar-refractivity contribution in [1.82, 2.24) is 4.98 Å². The number of anilines is 2. The third-order valence-electron chi connectivity index (χ3n) is 2.53. The molecule has 2 rings (SSSR count). The zero-order chi connectivity index (χ0) is 14.5. The molecule has 0 fully saturated rings. The summed E-state index contributed by atoms with van der Waals surface area (Å²) in [6.45, 7) is 1.78. The van der Waals surface area contributed by atoms with E-state index in [4.69, 9.17) is 22.1 Å². The number of aryl methyl sites for hydroxylation is 1. The molecule has 0 saturated heterocycles. The Kier molecular flexibility index (Phi) is 4.42. The molecule has 20 heavy (non-hydrogen) atoms. The first-order valence-electron chi connectivity index (χ1n) is 5.94. The Morgan fingerprint density at radius 2 is 2.20 bits per heavy atom. The lowest BCUT2D eigenvalue weighted by atomic mass is 10.2. The number of carbonyl (C=O) groups is 1. The van der Waals surface area contributed by atoms with Crippen LogP contribution >= 0.6 is 11.6 Å². The number of halogens is 1. The average molecular weight is 292 g/mol. The topological polar surface area (TPSA) is 77.2 Å². The smallest absolute Gasteiger partial charge is 0.262 e. The quantitative estimate of drug-likeness (QED) is 0.849. The predicted molar refractivity (Wildman–Crippen MR) is 79.0 cm³/mol. The summed E-state index contributed by atoms with van der Waals surface area (Å²) in [5, 5.41) is 3.13. The molecule has 0 radical (unpaired) electrons. The number of aromatic nitrogens is 1. The number of carbonyl (C=O) groups excluding carboxylic acids is 1. The second kappa shape index (κ2) is 6.25. The minimum Gasteiger partial charge on any atom is -0.482 e. The second-order valence-corrected chi connectivity index (χ2v) is 4.70. The van der Waals surface area contributed by atoms with Crippen LogP contribution in [0.4, 0.5) is 11.4 Å². The highest BCUT2D eigenvalue weighted by atomic mass is 35.5. The van der Waals surface area contributed by atoms with Crippen molar-refractivity contribution in [2.75, 3.05) is 17.7 Å². The van der Waals surface area contributed by atoms with Gasteiger partial charge < -0.3 is 15.8 Å². The fourth-order valence-corrected chi connectivity index (χ4v) is 1.77. The SMILES string of the molecule is Cc1ccc(NC(=O)COc2cncc(Cl)c2)c(N)c1. The number of nitrogens with zero attached hydrogens (tertiary/aromatic N) is 1. The van der Waals surface area contributed by atoms with E-state index in [-0.39, 0.29) is 12.5 Å². The molecular formula is C14H14ClN3O2. The molecule has 6 heteroatoms. The lowest BCUT2D eigenvalue weighted by Crippen LogP contribution is -2.20. The first-order valence-corrected chi connectivity index (χ1v) is 6.32. The number of nitrogens with two attached hydrogens (primary N) is 1. The van der Waals surface area contributed by atoms with E-state index in [0.29, 0.717) is 22.1 Å². The highest BCUT2D eigenvalue weighted by molar-refractivity contribution is 6.30. The van der Waals surface area contributed by atoms with E-state index >= 15 is 0 Å². The normalized spacial score (nSPS) is 10.1. The molecule has 0 aliphatic heterocycles. The van der Waals surface area contributed by atoms with Gasteiger partial charge in [-0.25, -0.2) is 0 Å². The first-order chi connectivity index (χ1) is 9.54. The van der Waals surface area contributed by atoms with E-state index < -0.39 is 0 Å². The van der Waals surface area contributed by atoms with Crippen molar-refractivity contribution in [3.05, 3.63) is 47.2 Å². The van der Waals surface area contributed by atoms with Gasteiger partial charge in [-0.3, -0.25) is 9.78 Å². The van der Waals surface area contributed by atoms with Crippen LogP contribution in [0.5, 0.6) is 5.75 Å². The number of amides is 1. The summed E-state index contributed by atoms with van der Waals surface area (Å²) in [5.74, 6) is 0.130. The fraction of sp³-hybridized carbons (Fsp3) is 0.143. The van der Waals surface area contributed by atoms with E-state index in [1.807, 2.05) is 13.0 Å². The van der Waals surface area contributed by atoms with E-state index in [0.717, 1.165) is 5.56 Å². The van der Waals surface area contributed by atoms with Gasteiger partial charge in [0.05, 0.1) is 22.6 Å². The van der Waals surface area contributed by atoms with Gasteiger partial charge in [-0.05, 0) is 24.6 Å². The molecule has 5 nitrogen and oxygen atoms in total. The standard InChI is InChI=1S/C14H14ClN3O2/c1-9-2-3-13(12(16)4-9)18-14(19)8-20-11-5-10(15)6-17-7-11/h2-7H,8,16H2,1H3,(H,18,19). The summed E-state index contributed by atoms with van der Waals surface area (Å²) in [7, 11) is 0. The summed E-state index contributed by atoms with van der Waals surface area (Å²) in [4.78, 5) is 15.6. The number of benzene rings is 1. The maximum Gasteiger partial charge on any atom is 0.262 e. The largest absolute Gasteiger partial charge is 0.482 e. The van der Waals surface area contributed by atoms with Gasteiger partial charge in [0.25, 0.3) is 5.91 Å². The molecule has 0 saturated carbocycles. The first kappa shape index (κ1) is 14.1. The lowest BCUT2D eigenvalue weighted by Gasteiger charge is -2.10. The molecule has 1 heterocycles. The Bertz CT molecular complexity index is 632. The molecule has 104 valence electrons. The summed E-state index contributed by atoms with van der Waals surface area (Å²) in [6.07, 6.45) is 2.97. The van der Waals surface area contributed by atoms with Crippen LogP contribution in [0.25, 0.3) is 0 Å². The van der Waals surface area contributed by atoms with Crippen LogP contribution in [0, 0.1) is 6.92 Å². The lowest BCUT2D eigenvalue weighted by molar-refractivity contribution is -0.118. The van der Waals surface area contributed by atoms with Crippen LogP contribution in [-0.4, -0.2) is 17.5 Å². The van der Waals surface area contributed by atoms with Crippen LogP contribution in [0.1, 0.15) is 5.56 Å². The Morgan fingerprint density at radius 1 is 1.40 bits per heavy atom. The van der Waals surface area contributed by atoms with Gasteiger partial charge in [0.15, 0.2) is 6.61 Å². The highest BCUT2D eigenvalue weighted by Gasteiger charge is 2.06. The van der Waals surface area contributed by atoms with Crippen molar-refractivity contribution in [1.29, 1.82) is 0 Å². The van der Waals surface area contributed by atoms with Gasteiger partial charge in [0, 0.05) is 12.3 Å². The molecule has 2 aromatic rings. The molecule has 3 N–H and O–H groups in total. The van der Waals surface area contributed by atoms with Crippen LogP contribution in [0.2, 0.25) is 5.02 Å². The van der Waals surface area contributed by atoms with Gasteiger partial charge in [-0.2, -0.15) is 0 Å². The van der Waals surface area contributed by atoms with Crippen LogP contribution in [0.3, 0.4) is 0 Å². The summed E-state index contributed by atoms with van der Waals surface area (Å²) >= 11 is 5.77. The highest BCUT2D eigenvalue weighted by Crippen LogP contribution is 2.19. The summed E-state index contributed by atoms with van der Waals surface area (Å²) in [6, 6.07) is 7.00. The minimum atomic E-state index is -0.305. The number of hydrogen-bond acceptors (Lipinski definition) is 4. The molecule has 0 aliphatic rings. The fourth-order valence-electron chi connectivity index (χ4n) is 1.60. The van der Waals surface area contributed by atoms with E-state index in [9.17, 15) is 4.79 Å². The average Bonchev–Trinajstić information content (AvgIpc) is 2.40. The van der Waals surface area contributed by atoms with Crippen LogP contribution in [0.15, 0.2) is 36.7 Å². The molecule has 0 spiro atoms. The van der Waals surface area contributed by atoms with Gasteiger partial charge in [0.1, 0.15) is 5.75 Å². The van der Waals surface area contributed by atoms with Gasteiger partial charge in [0.2, 0.25) is 0 Å². The molecule has 0 atom stereocenters. The minimum absolute atomic E-state index is 0.144. The van der Waals surface area contributed by atoms with E-state index in [1.54, 1.807) is 18.2 Å². The Hall–Kier alpha value is -2.27. The molecule has 0 aliphatic carbocycles. The third kappa shape index (κ3) is 3.86. The second-order valence-electron chi connectivity index (χ2n) is 4.27. The van der Waals surface area contributed by atoms with Crippen molar-refractivity contribution in [3.63, 3.8) is 0 Å². The van der Waals surface area contributed by atoms with Gasteiger partial charge in [-0.1, -0.05) is 17.7 Å². The van der Waals surface area contributed by atoms with Crippen molar-refractivity contribution < 1.29 is 9.53 Å². The molecule has 0 bridgehead atoms. The van der Waals surface area contributed by atoms with Gasteiger partial charge in [-0.15, -0.1) is 0 Å². The number of hydrogen-bond donors (Lipinski definition) is 2. The predicted octanol–water partition coefficient (Wildman–Crippen LogP) is 2.64. The van der Waals surface area contributed by atoms with Crippen LogP contribution in [-0.2, 0) is 4.79 Å². The maximum absolute atomic E-state index is 11.8. The zero-order valence-corrected chi connectivity index (χ0v) is 11.6. The summed E-state index contributed by atoms with van der Waals surface area (Å²) < 4.78 is 5.28. The number of nitrogen functional groups attached to an aromatic ring is 1. The van der Waals surface area contributed by atoms with Crippen LogP contribution < -0.4 is 15.8 Å². The molecule has 1 amide bonds. The van der Waals surface area contributed by atoms with Crippen molar-refractivity contribution in [2.45, 2.75) is 6.92 Å². The molecular weight excluding hydrogens is 278 g/mol. The number of pyridine rings is 1.